The van der Waals surface area contributed by atoms with Gasteiger partial charge in [-0.1, -0.05) is 6.07 Å². The number of alkyl halides is 3. The van der Waals surface area contributed by atoms with Crippen molar-refractivity contribution >= 4 is 22.5 Å². The number of hydrogen-bond donors (Lipinski definition) is 1. The number of carbonyl (C=O) groups is 1. The minimum Gasteiger partial charge on any atom is -0.371 e. The van der Waals surface area contributed by atoms with Crippen molar-refractivity contribution in [3.63, 3.8) is 0 Å². The lowest BCUT2D eigenvalue weighted by atomic mass is 9.95. The number of aryl methyl sites for hydroxylation is 1. The minimum absolute atomic E-state index is 0.132. The van der Waals surface area contributed by atoms with Crippen LogP contribution in [0.2, 0.25) is 0 Å². The second-order valence-corrected chi connectivity index (χ2v) is 6.18. The Morgan fingerprint density at radius 2 is 1.92 bits per heavy atom. The van der Waals surface area contributed by atoms with E-state index in [2.05, 4.69) is 9.88 Å². The van der Waals surface area contributed by atoms with Crippen molar-refractivity contribution in [2.45, 2.75) is 25.9 Å². The summed E-state index contributed by atoms with van der Waals surface area (Å²) in [6.45, 7) is 3.06. The third kappa shape index (κ3) is 3.16. The zero-order valence-corrected chi connectivity index (χ0v) is 13.2. The van der Waals surface area contributed by atoms with Crippen molar-refractivity contribution in [2.75, 3.05) is 18.0 Å². The molecule has 0 bridgehead atoms. The summed E-state index contributed by atoms with van der Waals surface area (Å²) in [4.78, 5) is 17.6. The third-order valence-corrected chi connectivity index (χ3v) is 4.48. The number of rotatable bonds is 2. The van der Waals surface area contributed by atoms with Gasteiger partial charge in [-0.25, -0.2) is 0 Å². The van der Waals surface area contributed by atoms with E-state index in [4.69, 9.17) is 5.73 Å². The lowest BCUT2D eigenvalue weighted by Gasteiger charge is -2.33. The van der Waals surface area contributed by atoms with Crippen LogP contribution in [0.4, 0.5) is 18.9 Å². The van der Waals surface area contributed by atoms with Gasteiger partial charge in [-0.3, -0.25) is 9.78 Å². The van der Waals surface area contributed by atoms with E-state index in [0.29, 0.717) is 42.5 Å². The van der Waals surface area contributed by atoms with Crippen molar-refractivity contribution < 1.29 is 18.0 Å². The van der Waals surface area contributed by atoms with Gasteiger partial charge in [0.15, 0.2) is 0 Å². The van der Waals surface area contributed by atoms with Crippen LogP contribution in [0.25, 0.3) is 10.9 Å². The number of pyridine rings is 1. The van der Waals surface area contributed by atoms with Gasteiger partial charge in [0.1, 0.15) is 0 Å². The van der Waals surface area contributed by atoms with Crippen LogP contribution in [0.1, 0.15) is 24.1 Å². The number of fused-ring (bicyclic) bond motifs is 1. The van der Waals surface area contributed by atoms with Crippen LogP contribution in [0.15, 0.2) is 24.3 Å². The summed E-state index contributed by atoms with van der Waals surface area (Å²) in [6.07, 6.45) is -3.09. The highest BCUT2D eigenvalue weighted by molar-refractivity contribution is 5.92. The number of nitrogens with two attached hydrogens (primary N) is 1. The van der Waals surface area contributed by atoms with Crippen LogP contribution in [-0.4, -0.2) is 24.0 Å². The molecular weight excluding hydrogens is 319 g/mol. The highest BCUT2D eigenvalue weighted by atomic mass is 19.4. The molecule has 0 unspecified atom stereocenters. The highest BCUT2D eigenvalue weighted by Gasteiger charge is 2.31. The predicted octanol–water partition coefficient (Wildman–Crippen LogP) is 3.26. The summed E-state index contributed by atoms with van der Waals surface area (Å²) in [7, 11) is 0. The Kier molecular flexibility index (Phi) is 4.11. The maximum atomic E-state index is 12.9. The van der Waals surface area contributed by atoms with Gasteiger partial charge in [-0.2, -0.15) is 13.2 Å². The van der Waals surface area contributed by atoms with E-state index in [1.165, 1.54) is 6.07 Å². The van der Waals surface area contributed by atoms with Crippen molar-refractivity contribution in [2.24, 2.45) is 11.7 Å². The van der Waals surface area contributed by atoms with Crippen molar-refractivity contribution in [3.8, 4) is 0 Å². The first kappa shape index (κ1) is 16.5. The molecule has 0 saturated carbocycles. The number of amides is 1. The SMILES string of the molecule is Cc1cc(N2CCC(C(N)=O)CC2)c2ccc(C(F)(F)F)cc2n1. The standard InChI is InChI=1S/C17H18F3N3O/c1-10-8-15(23-6-4-11(5-7-23)16(21)24)13-3-2-12(17(18,19)20)9-14(13)22-10/h2-3,8-9,11H,4-7H2,1H3,(H2,21,24). The van der Waals surface area contributed by atoms with Crippen LogP contribution < -0.4 is 10.6 Å². The van der Waals surface area contributed by atoms with E-state index in [9.17, 15) is 18.0 Å². The Labute approximate surface area is 137 Å². The number of hydrogen-bond acceptors (Lipinski definition) is 3. The first-order valence-corrected chi connectivity index (χ1v) is 7.78. The summed E-state index contributed by atoms with van der Waals surface area (Å²) in [6, 6.07) is 5.52. The Morgan fingerprint density at radius 3 is 2.50 bits per heavy atom. The molecule has 0 atom stereocenters. The molecule has 1 aliphatic rings. The smallest absolute Gasteiger partial charge is 0.371 e. The normalized spacial score (nSPS) is 16.6. The summed E-state index contributed by atoms with van der Waals surface area (Å²) in [5, 5.41) is 0.686. The monoisotopic (exact) mass is 337 g/mol. The zero-order chi connectivity index (χ0) is 17.5. The molecule has 0 aliphatic carbocycles. The average Bonchev–Trinajstić information content (AvgIpc) is 2.52. The lowest BCUT2D eigenvalue weighted by Crippen LogP contribution is -2.38. The fraction of sp³-hybridized carbons (Fsp3) is 0.412. The molecule has 0 spiro atoms. The molecule has 1 aromatic carbocycles. The molecule has 4 nitrogen and oxygen atoms in total. The molecule has 2 heterocycles. The van der Waals surface area contributed by atoms with Crippen molar-refractivity contribution in [1.29, 1.82) is 0 Å². The molecule has 3 rings (SSSR count). The zero-order valence-electron chi connectivity index (χ0n) is 13.2. The number of primary amides is 1. The van der Waals surface area contributed by atoms with Crippen LogP contribution in [0.3, 0.4) is 0 Å². The van der Waals surface area contributed by atoms with Gasteiger partial charge in [0.25, 0.3) is 0 Å². The van der Waals surface area contributed by atoms with E-state index in [-0.39, 0.29) is 11.8 Å². The van der Waals surface area contributed by atoms with Gasteiger partial charge in [-0.15, -0.1) is 0 Å². The maximum absolute atomic E-state index is 12.9. The Balaban J connectivity index is 1.98. The average molecular weight is 337 g/mol. The highest BCUT2D eigenvalue weighted by Crippen LogP contribution is 2.35. The van der Waals surface area contributed by atoms with Crippen molar-refractivity contribution in [1.82, 2.24) is 4.98 Å². The molecule has 24 heavy (non-hydrogen) atoms. The number of carbonyl (C=O) groups excluding carboxylic acids is 1. The molecule has 1 aromatic heterocycles. The van der Waals surface area contributed by atoms with Gasteiger partial charge in [0, 0.05) is 35.8 Å². The van der Waals surface area contributed by atoms with Crippen LogP contribution in [0.5, 0.6) is 0 Å². The van der Waals surface area contributed by atoms with Gasteiger partial charge in [0.05, 0.1) is 11.1 Å². The number of nitrogens with zero attached hydrogens (tertiary/aromatic N) is 2. The first-order chi connectivity index (χ1) is 11.3. The molecule has 1 saturated heterocycles. The number of anilines is 1. The Bertz CT molecular complexity index is 780. The number of benzene rings is 1. The first-order valence-electron chi connectivity index (χ1n) is 7.78. The molecule has 7 heteroatoms. The Hall–Kier alpha value is -2.31. The predicted molar refractivity (Wildman–Crippen MR) is 85.6 cm³/mol. The molecule has 0 radical (unpaired) electrons. The number of piperidine rings is 1. The largest absolute Gasteiger partial charge is 0.416 e. The number of aromatic nitrogens is 1. The topological polar surface area (TPSA) is 59.2 Å². The van der Waals surface area contributed by atoms with Crippen LogP contribution >= 0.6 is 0 Å². The lowest BCUT2D eigenvalue weighted by molar-refractivity contribution is -0.137. The van der Waals surface area contributed by atoms with Crippen molar-refractivity contribution in [3.05, 3.63) is 35.5 Å². The Morgan fingerprint density at radius 1 is 1.25 bits per heavy atom. The fourth-order valence-electron chi connectivity index (χ4n) is 3.18. The molecular formula is C17H18F3N3O. The summed E-state index contributed by atoms with van der Waals surface area (Å²) in [5.74, 6) is -0.424. The van der Waals surface area contributed by atoms with E-state index < -0.39 is 11.7 Å². The third-order valence-electron chi connectivity index (χ3n) is 4.48. The molecule has 2 aromatic rings. The van der Waals surface area contributed by atoms with E-state index >= 15 is 0 Å². The molecule has 1 amide bonds. The van der Waals surface area contributed by atoms with Gasteiger partial charge >= 0.3 is 6.18 Å². The van der Waals surface area contributed by atoms with Gasteiger partial charge in [-0.05, 0) is 38.0 Å². The molecule has 1 aliphatic heterocycles. The molecule has 1 fully saturated rings. The fourth-order valence-corrected chi connectivity index (χ4v) is 3.18. The van der Waals surface area contributed by atoms with Crippen LogP contribution in [0, 0.1) is 12.8 Å². The van der Waals surface area contributed by atoms with E-state index in [1.807, 2.05) is 6.07 Å². The number of halogens is 3. The summed E-state index contributed by atoms with van der Waals surface area (Å²) in [5.41, 5.74) is 6.49. The molecule has 128 valence electrons. The van der Waals surface area contributed by atoms with Gasteiger partial charge in [0.2, 0.25) is 5.91 Å². The molecule has 2 N–H and O–H groups in total. The van der Waals surface area contributed by atoms with E-state index in [0.717, 1.165) is 17.8 Å². The summed E-state index contributed by atoms with van der Waals surface area (Å²) >= 11 is 0. The second kappa shape index (κ2) is 5.96. The van der Waals surface area contributed by atoms with Gasteiger partial charge < -0.3 is 10.6 Å². The quantitative estimate of drug-likeness (QED) is 0.915. The summed E-state index contributed by atoms with van der Waals surface area (Å²) < 4.78 is 38.7. The maximum Gasteiger partial charge on any atom is 0.416 e. The minimum atomic E-state index is -4.39. The second-order valence-electron chi connectivity index (χ2n) is 6.18. The van der Waals surface area contributed by atoms with E-state index in [1.54, 1.807) is 6.92 Å². The van der Waals surface area contributed by atoms with Crippen LogP contribution in [-0.2, 0) is 11.0 Å².